The maximum atomic E-state index is 11.4. The second-order valence-electron chi connectivity index (χ2n) is 4.78. The number of amides is 2. The van der Waals surface area contributed by atoms with E-state index in [4.69, 9.17) is 9.84 Å². The van der Waals surface area contributed by atoms with Crippen molar-refractivity contribution in [3.63, 3.8) is 0 Å². The Bertz CT molecular complexity index is 267. The molecule has 0 saturated carbocycles. The van der Waals surface area contributed by atoms with Crippen molar-refractivity contribution < 1.29 is 19.4 Å². The van der Waals surface area contributed by atoms with Crippen LogP contribution in [-0.2, 0) is 9.53 Å². The predicted molar refractivity (Wildman–Crippen MR) is 68.6 cm³/mol. The third-order valence-electron chi connectivity index (χ3n) is 2.58. The zero-order valence-electron chi connectivity index (χ0n) is 11.4. The number of ether oxygens (including phenoxy) is 1. The van der Waals surface area contributed by atoms with Crippen LogP contribution in [0.15, 0.2) is 0 Å². The van der Waals surface area contributed by atoms with Crippen molar-refractivity contribution in [2.75, 3.05) is 20.2 Å². The Morgan fingerprint density at radius 3 is 2.39 bits per heavy atom. The largest absolute Gasteiger partial charge is 0.481 e. The van der Waals surface area contributed by atoms with Gasteiger partial charge in [-0.25, -0.2) is 4.79 Å². The van der Waals surface area contributed by atoms with Crippen LogP contribution in [0.1, 0.15) is 39.5 Å². The van der Waals surface area contributed by atoms with Gasteiger partial charge in [-0.15, -0.1) is 0 Å². The molecule has 106 valence electrons. The fraction of sp³-hybridized carbons (Fsp3) is 0.833. The quantitative estimate of drug-likeness (QED) is 0.546. The monoisotopic (exact) mass is 260 g/mol. The van der Waals surface area contributed by atoms with Crippen LogP contribution in [-0.4, -0.2) is 42.9 Å². The van der Waals surface area contributed by atoms with E-state index in [0.717, 1.165) is 12.8 Å². The number of nitrogens with one attached hydrogen (secondary N) is 2. The maximum absolute atomic E-state index is 11.4. The number of hydrogen-bond donors (Lipinski definition) is 3. The smallest absolute Gasteiger partial charge is 0.314 e. The van der Waals surface area contributed by atoms with Crippen molar-refractivity contribution in [3.05, 3.63) is 0 Å². The van der Waals surface area contributed by atoms with E-state index in [2.05, 4.69) is 10.6 Å². The van der Waals surface area contributed by atoms with Gasteiger partial charge >= 0.3 is 12.0 Å². The van der Waals surface area contributed by atoms with Crippen molar-refractivity contribution in [2.45, 2.75) is 45.1 Å². The Balaban J connectivity index is 3.46. The van der Waals surface area contributed by atoms with Crippen molar-refractivity contribution >= 4 is 12.0 Å². The Hall–Kier alpha value is -1.30. The van der Waals surface area contributed by atoms with Gasteiger partial charge in [0.05, 0.1) is 5.60 Å². The minimum absolute atomic E-state index is 0.189. The number of aliphatic carboxylic acids is 1. The molecule has 0 bridgehead atoms. The lowest BCUT2D eigenvalue weighted by atomic mass is 10.1. The summed E-state index contributed by atoms with van der Waals surface area (Å²) in [6.07, 6.45) is 2.42. The van der Waals surface area contributed by atoms with Crippen molar-refractivity contribution in [1.29, 1.82) is 0 Å². The first-order chi connectivity index (χ1) is 8.37. The number of carboxylic acid groups (broad SMARTS) is 1. The molecule has 0 radical (unpaired) electrons. The second kappa shape index (κ2) is 8.74. The normalized spacial score (nSPS) is 11.1. The summed E-state index contributed by atoms with van der Waals surface area (Å²) in [5, 5.41) is 13.9. The highest BCUT2D eigenvalue weighted by atomic mass is 16.5. The van der Waals surface area contributed by atoms with Gasteiger partial charge in [-0.2, -0.15) is 0 Å². The average Bonchev–Trinajstić information content (AvgIpc) is 2.31. The van der Waals surface area contributed by atoms with E-state index in [9.17, 15) is 9.59 Å². The summed E-state index contributed by atoms with van der Waals surface area (Å²) in [4.78, 5) is 21.6. The summed E-state index contributed by atoms with van der Waals surface area (Å²) in [7, 11) is 1.60. The van der Waals surface area contributed by atoms with Crippen LogP contribution in [0.5, 0.6) is 0 Å². The summed E-state index contributed by atoms with van der Waals surface area (Å²) in [5.41, 5.74) is -0.376. The molecular formula is C12H24N2O4. The summed E-state index contributed by atoms with van der Waals surface area (Å²) in [5.74, 6) is -0.775. The molecule has 3 N–H and O–H groups in total. The first-order valence-corrected chi connectivity index (χ1v) is 6.16. The van der Waals surface area contributed by atoms with Gasteiger partial charge in [0.2, 0.25) is 0 Å². The van der Waals surface area contributed by atoms with E-state index < -0.39 is 5.97 Å². The number of hydrogen-bond acceptors (Lipinski definition) is 3. The van der Waals surface area contributed by atoms with Crippen molar-refractivity contribution in [3.8, 4) is 0 Å². The first-order valence-electron chi connectivity index (χ1n) is 6.16. The third kappa shape index (κ3) is 9.89. The van der Waals surface area contributed by atoms with Crippen LogP contribution in [0.25, 0.3) is 0 Å². The van der Waals surface area contributed by atoms with Crippen LogP contribution in [0.2, 0.25) is 0 Å². The number of unbranched alkanes of at least 4 members (excludes halogenated alkanes) is 2. The molecule has 0 fully saturated rings. The van der Waals surface area contributed by atoms with Crippen molar-refractivity contribution in [1.82, 2.24) is 10.6 Å². The Morgan fingerprint density at radius 2 is 1.83 bits per heavy atom. The van der Waals surface area contributed by atoms with Crippen molar-refractivity contribution in [2.24, 2.45) is 0 Å². The van der Waals surface area contributed by atoms with Gasteiger partial charge in [0.1, 0.15) is 0 Å². The lowest BCUT2D eigenvalue weighted by Gasteiger charge is -2.23. The van der Waals surface area contributed by atoms with E-state index in [1.807, 2.05) is 13.8 Å². The van der Waals surface area contributed by atoms with Gasteiger partial charge < -0.3 is 20.5 Å². The van der Waals surface area contributed by atoms with Crippen LogP contribution in [0.4, 0.5) is 4.79 Å². The molecule has 0 aromatic rings. The van der Waals surface area contributed by atoms with Crippen LogP contribution >= 0.6 is 0 Å². The van der Waals surface area contributed by atoms with E-state index in [1.165, 1.54) is 0 Å². The maximum Gasteiger partial charge on any atom is 0.314 e. The fourth-order valence-electron chi connectivity index (χ4n) is 1.21. The molecule has 0 aliphatic heterocycles. The number of carbonyl (C=O) groups is 2. The predicted octanol–water partition coefficient (Wildman–Crippen LogP) is 1.36. The zero-order chi connectivity index (χ0) is 14.0. The highest BCUT2D eigenvalue weighted by molar-refractivity contribution is 5.73. The molecule has 2 amide bonds. The van der Waals surface area contributed by atoms with E-state index >= 15 is 0 Å². The standard InChI is InChI=1S/C12H24N2O4/c1-12(2,18-3)9-14-11(17)13-8-6-4-5-7-10(15)16/h4-9H2,1-3H3,(H,15,16)(H2,13,14,17). The molecule has 0 rings (SSSR count). The molecule has 0 heterocycles. The molecule has 6 nitrogen and oxygen atoms in total. The summed E-state index contributed by atoms with van der Waals surface area (Å²) in [6, 6.07) is -0.224. The number of carbonyl (C=O) groups excluding carboxylic acids is 1. The number of carboxylic acids is 1. The molecule has 0 spiro atoms. The SMILES string of the molecule is COC(C)(C)CNC(=O)NCCCCCC(=O)O. The lowest BCUT2D eigenvalue weighted by molar-refractivity contribution is -0.137. The minimum atomic E-state index is -0.775. The van der Waals surface area contributed by atoms with Gasteiger partial charge in [0, 0.05) is 26.6 Å². The topological polar surface area (TPSA) is 87.7 Å². The molecule has 0 atom stereocenters. The molecule has 0 aromatic carbocycles. The van der Waals surface area contributed by atoms with Gasteiger partial charge in [-0.05, 0) is 26.7 Å². The highest BCUT2D eigenvalue weighted by Gasteiger charge is 2.16. The molecule has 0 saturated heterocycles. The summed E-state index contributed by atoms with van der Waals surface area (Å²) < 4.78 is 5.17. The summed E-state index contributed by atoms with van der Waals surface area (Å²) in [6.45, 7) is 4.77. The number of urea groups is 1. The molecular weight excluding hydrogens is 236 g/mol. The Kier molecular flexibility index (Phi) is 8.11. The third-order valence-corrected chi connectivity index (χ3v) is 2.58. The average molecular weight is 260 g/mol. The van der Waals surface area contributed by atoms with Gasteiger partial charge in [0.15, 0.2) is 0 Å². The van der Waals surface area contributed by atoms with Gasteiger partial charge in [-0.1, -0.05) is 6.42 Å². The van der Waals surface area contributed by atoms with E-state index in [1.54, 1.807) is 7.11 Å². The van der Waals surface area contributed by atoms with E-state index in [0.29, 0.717) is 19.5 Å². The molecule has 6 heteroatoms. The molecule has 0 aliphatic rings. The van der Waals surface area contributed by atoms with Crippen LogP contribution in [0.3, 0.4) is 0 Å². The molecule has 0 unspecified atom stereocenters. The van der Waals surface area contributed by atoms with E-state index in [-0.39, 0.29) is 18.1 Å². The Labute approximate surface area is 108 Å². The molecule has 0 aliphatic carbocycles. The number of methoxy groups -OCH3 is 1. The molecule has 0 aromatic heterocycles. The highest BCUT2D eigenvalue weighted by Crippen LogP contribution is 2.04. The zero-order valence-corrected chi connectivity index (χ0v) is 11.4. The lowest BCUT2D eigenvalue weighted by Crippen LogP contribution is -2.44. The Morgan fingerprint density at radius 1 is 1.17 bits per heavy atom. The second-order valence-corrected chi connectivity index (χ2v) is 4.78. The first kappa shape index (κ1) is 16.7. The van der Waals surface area contributed by atoms with Gasteiger partial charge in [0.25, 0.3) is 0 Å². The molecule has 18 heavy (non-hydrogen) atoms. The van der Waals surface area contributed by atoms with Crippen LogP contribution in [0, 0.1) is 0 Å². The fourth-order valence-corrected chi connectivity index (χ4v) is 1.21. The van der Waals surface area contributed by atoms with Gasteiger partial charge in [-0.3, -0.25) is 4.79 Å². The minimum Gasteiger partial charge on any atom is -0.481 e. The number of rotatable bonds is 9. The summed E-state index contributed by atoms with van der Waals surface area (Å²) >= 11 is 0. The van der Waals surface area contributed by atoms with Crippen LogP contribution < -0.4 is 10.6 Å².